The molecule has 1 saturated heterocycles. The number of hydrogen-bond donors (Lipinski definition) is 1. The normalized spacial score (nSPS) is 20.2. The Morgan fingerprint density at radius 1 is 1.50 bits per heavy atom. The van der Waals surface area contributed by atoms with Crippen molar-refractivity contribution in [1.29, 1.82) is 0 Å². The third-order valence-electron chi connectivity index (χ3n) is 3.42. The molecule has 1 fully saturated rings. The Bertz CT molecular complexity index is 505. The van der Waals surface area contributed by atoms with E-state index in [-0.39, 0.29) is 17.2 Å². The fourth-order valence-corrected chi connectivity index (χ4v) is 2.41. The molecule has 20 heavy (non-hydrogen) atoms. The molecule has 112 valence electrons. The average Bonchev–Trinajstić information content (AvgIpc) is 2.38. The molecule has 1 atom stereocenters. The Morgan fingerprint density at radius 2 is 2.25 bits per heavy atom. The molecule has 0 radical (unpaired) electrons. The van der Waals surface area contributed by atoms with E-state index in [9.17, 15) is 4.79 Å². The van der Waals surface area contributed by atoms with Crippen LogP contribution in [0.1, 0.15) is 20.8 Å². The second-order valence-electron chi connectivity index (χ2n) is 6.09. The SMILES string of the molecule is CNCC1CN(c2nccn(C(C)(C)C)c2=O)CCO1. The van der Waals surface area contributed by atoms with Crippen LogP contribution < -0.4 is 15.8 Å². The predicted molar refractivity (Wildman–Crippen MR) is 79.4 cm³/mol. The molecule has 1 unspecified atom stereocenters. The van der Waals surface area contributed by atoms with Crippen LogP contribution in [-0.2, 0) is 10.3 Å². The van der Waals surface area contributed by atoms with E-state index < -0.39 is 0 Å². The highest BCUT2D eigenvalue weighted by Gasteiger charge is 2.25. The summed E-state index contributed by atoms with van der Waals surface area (Å²) in [5, 5.41) is 3.10. The van der Waals surface area contributed by atoms with Gasteiger partial charge in [0, 0.05) is 37.6 Å². The first kappa shape index (κ1) is 15.0. The summed E-state index contributed by atoms with van der Waals surface area (Å²) in [4.78, 5) is 18.9. The van der Waals surface area contributed by atoms with E-state index >= 15 is 0 Å². The molecule has 1 aliphatic rings. The maximum Gasteiger partial charge on any atom is 0.293 e. The van der Waals surface area contributed by atoms with E-state index in [0.717, 1.165) is 6.54 Å². The van der Waals surface area contributed by atoms with Gasteiger partial charge in [-0.1, -0.05) is 0 Å². The van der Waals surface area contributed by atoms with Crippen molar-refractivity contribution in [3.8, 4) is 0 Å². The third kappa shape index (κ3) is 3.19. The zero-order chi connectivity index (χ0) is 14.8. The molecule has 0 aromatic carbocycles. The first-order valence-electron chi connectivity index (χ1n) is 7.03. The highest BCUT2D eigenvalue weighted by Crippen LogP contribution is 2.14. The minimum absolute atomic E-state index is 0.0369. The van der Waals surface area contributed by atoms with E-state index in [2.05, 4.69) is 10.3 Å². The van der Waals surface area contributed by atoms with Crippen molar-refractivity contribution in [2.75, 3.05) is 38.2 Å². The molecule has 1 aromatic heterocycles. The summed E-state index contributed by atoms with van der Waals surface area (Å²) >= 11 is 0. The topological polar surface area (TPSA) is 59.4 Å². The molecule has 6 heteroatoms. The number of morpholine rings is 1. The Labute approximate surface area is 119 Å². The van der Waals surface area contributed by atoms with Crippen LogP contribution in [0.5, 0.6) is 0 Å². The van der Waals surface area contributed by atoms with Crippen LogP contribution in [0.2, 0.25) is 0 Å². The number of aromatic nitrogens is 2. The van der Waals surface area contributed by atoms with E-state index in [1.165, 1.54) is 0 Å². The van der Waals surface area contributed by atoms with Crippen LogP contribution in [0.15, 0.2) is 17.2 Å². The quantitative estimate of drug-likeness (QED) is 0.870. The predicted octanol–water partition coefficient (Wildman–Crippen LogP) is 0.423. The summed E-state index contributed by atoms with van der Waals surface area (Å²) in [5.41, 5.74) is -0.282. The molecular formula is C14H24N4O2. The lowest BCUT2D eigenvalue weighted by molar-refractivity contribution is 0.0417. The first-order valence-corrected chi connectivity index (χ1v) is 7.03. The number of hydrogen-bond acceptors (Lipinski definition) is 5. The average molecular weight is 280 g/mol. The van der Waals surface area contributed by atoms with Crippen LogP contribution in [-0.4, -0.2) is 48.9 Å². The van der Waals surface area contributed by atoms with Crippen molar-refractivity contribution in [3.63, 3.8) is 0 Å². The summed E-state index contributed by atoms with van der Waals surface area (Å²) < 4.78 is 7.40. The molecule has 2 heterocycles. The zero-order valence-corrected chi connectivity index (χ0v) is 12.7. The van der Waals surface area contributed by atoms with Crippen LogP contribution in [0.25, 0.3) is 0 Å². The summed E-state index contributed by atoms with van der Waals surface area (Å²) in [5.74, 6) is 0.520. The number of ether oxygens (including phenoxy) is 1. The van der Waals surface area contributed by atoms with Crippen molar-refractivity contribution < 1.29 is 4.74 Å². The molecule has 2 rings (SSSR count). The number of anilines is 1. The lowest BCUT2D eigenvalue weighted by Crippen LogP contribution is -2.49. The second-order valence-corrected chi connectivity index (χ2v) is 6.09. The summed E-state index contributed by atoms with van der Waals surface area (Å²) in [7, 11) is 1.90. The van der Waals surface area contributed by atoms with E-state index in [1.807, 2.05) is 32.7 Å². The monoisotopic (exact) mass is 280 g/mol. The van der Waals surface area contributed by atoms with Crippen molar-refractivity contribution in [1.82, 2.24) is 14.9 Å². The van der Waals surface area contributed by atoms with Gasteiger partial charge in [-0.25, -0.2) is 4.98 Å². The fourth-order valence-electron chi connectivity index (χ4n) is 2.41. The molecule has 1 aliphatic heterocycles. The van der Waals surface area contributed by atoms with Crippen LogP contribution in [0.4, 0.5) is 5.82 Å². The minimum atomic E-state index is -0.245. The Kier molecular flexibility index (Phi) is 4.45. The number of nitrogens with zero attached hydrogens (tertiary/aromatic N) is 3. The number of rotatable bonds is 3. The molecule has 0 aliphatic carbocycles. The Balaban J connectivity index is 2.27. The van der Waals surface area contributed by atoms with Gasteiger partial charge in [0.15, 0.2) is 5.82 Å². The van der Waals surface area contributed by atoms with Crippen LogP contribution in [0, 0.1) is 0 Å². The van der Waals surface area contributed by atoms with Gasteiger partial charge in [-0.2, -0.15) is 0 Å². The van der Waals surface area contributed by atoms with Gasteiger partial charge in [0.05, 0.1) is 12.7 Å². The van der Waals surface area contributed by atoms with E-state index in [4.69, 9.17) is 4.74 Å². The van der Waals surface area contributed by atoms with Gasteiger partial charge in [-0.05, 0) is 27.8 Å². The molecular weight excluding hydrogens is 256 g/mol. The number of nitrogens with one attached hydrogen (secondary N) is 1. The zero-order valence-electron chi connectivity index (χ0n) is 12.7. The van der Waals surface area contributed by atoms with Gasteiger partial charge in [-0.15, -0.1) is 0 Å². The standard InChI is InChI=1S/C14H24N4O2/c1-14(2,3)18-6-5-16-12(13(18)19)17-7-8-20-11(10-17)9-15-4/h5-6,11,15H,7-10H2,1-4H3. The van der Waals surface area contributed by atoms with E-state index in [1.54, 1.807) is 17.0 Å². The first-order chi connectivity index (χ1) is 9.43. The van der Waals surface area contributed by atoms with Crippen molar-refractivity contribution >= 4 is 5.82 Å². The summed E-state index contributed by atoms with van der Waals surface area (Å²) in [6.45, 7) is 8.84. The third-order valence-corrected chi connectivity index (χ3v) is 3.42. The van der Waals surface area contributed by atoms with Gasteiger partial charge in [-0.3, -0.25) is 4.79 Å². The van der Waals surface area contributed by atoms with Gasteiger partial charge >= 0.3 is 0 Å². The molecule has 0 amide bonds. The second kappa shape index (κ2) is 5.93. The molecule has 0 bridgehead atoms. The highest BCUT2D eigenvalue weighted by molar-refractivity contribution is 5.36. The lowest BCUT2D eigenvalue weighted by Gasteiger charge is -2.34. The Morgan fingerprint density at radius 3 is 2.90 bits per heavy atom. The molecule has 0 spiro atoms. The van der Waals surface area contributed by atoms with Gasteiger partial charge in [0.25, 0.3) is 5.56 Å². The van der Waals surface area contributed by atoms with Gasteiger partial charge < -0.3 is 19.5 Å². The smallest absolute Gasteiger partial charge is 0.293 e. The largest absolute Gasteiger partial charge is 0.373 e. The van der Waals surface area contributed by atoms with E-state index in [0.29, 0.717) is 25.5 Å². The van der Waals surface area contributed by atoms with Crippen LogP contribution in [0.3, 0.4) is 0 Å². The maximum absolute atomic E-state index is 12.6. The lowest BCUT2D eigenvalue weighted by atomic mass is 10.1. The van der Waals surface area contributed by atoms with Gasteiger partial charge in [0.1, 0.15) is 0 Å². The molecule has 1 N–H and O–H groups in total. The van der Waals surface area contributed by atoms with Crippen molar-refractivity contribution in [2.24, 2.45) is 0 Å². The Hall–Kier alpha value is -1.40. The van der Waals surface area contributed by atoms with Crippen LogP contribution >= 0.6 is 0 Å². The van der Waals surface area contributed by atoms with Crippen molar-refractivity contribution in [3.05, 3.63) is 22.7 Å². The highest BCUT2D eigenvalue weighted by atomic mass is 16.5. The number of likely N-dealkylation sites (N-methyl/N-ethyl adjacent to an activating group) is 1. The molecule has 6 nitrogen and oxygen atoms in total. The summed E-state index contributed by atoms with van der Waals surface area (Å²) in [6, 6.07) is 0. The molecule has 0 saturated carbocycles. The minimum Gasteiger partial charge on any atom is -0.373 e. The summed E-state index contributed by atoms with van der Waals surface area (Å²) in [6.07, 6.45) is 3.54. The maximum atomic E-state index is 12.6. The van der Waals surface area contributed by atoms with Gasteiger partial charge in [0.2, 0.25) is 0 Å². The molecule has 1 aromatic rings. The van der Waals surface area contributed by atoms with Crippen molar-refractivity contribution in [2.45, 2.75) is 32.4 Å². The fraction of sp³-hybridized carbons (Fsp3) is 0.714.